The van der Waals surface area contributed by atoms with Gasteiger partial charge < -0.3 is 15.3 Å². The molecule has 0 atom stereocenters. The first kappa shape index (κ1) is 14.7. The van der Waals surface area contributed by atoms with Gasteiger partial charge in [0.15, 0.2) is 11.5 Å². The van der Waals surface area contributed by atoms with E-state index >= 15 is 0 Å². The highest BCUT2D eigenvalue weighted by Crippen LogP contribution is 2.45. The van der Waals surface area contributed by atoms with Crippen LogP contribution in [0.3, 0.4) is 0 Å². The lowest BCUT2D eigenvalue weighted by atomic mass is 9.71. The topological polar surface area (TPSA) is 60.7 Å². The Bertz CT molecular complexity index is 454. The lowest BCUT2D eigenvalue weighted by Crippen LogP contribution is -2.25. The van der Waals surface area contributed by atoms with Gasteiger partial charge in [-0.2, -0.15) is 0 Å². The largest absolute Gasteiger partial charge is 0.504 e. The van der Waals surface area contributed by atoms with E-state index in [2.05, 4.69) is 34.6 Å². The van der Waals surface area contributed by atoms with Gasteiger partial charge in [-0.1, -0.05) is 34.6 Å². The fraction of sp³-hybridized carbons (Fsp3) is 0.600. The second kappa shape index (κ2) is 4.38. The zero-order valence-corrected chi connectivity index (χ0v) is 12.1. The monoisotopic (exact) mass is 252 g/mol. The first-order valence-electron chi connectivity index (χ1n) is 6.21. The van der Waals surface area contributed by atoms with Crippen molar-refractivity contribution >= 4 is 0 Å². The number of benzene rings is 1. The number of aromatic hydroxyl groups is 3. The molecular formula is C15H24O3. The van der Waals surface area contributed by atoms with Crippen molar-refractivity contribution in [2.45, 2.75) is 53.4 Å². The molecule has 0 aromatic heterocycles. The van der Waals surface area contributed by atoms with Gasteiger partial charge in [0.1, 0.15) is 0 Å². The van der Waals surface area contributed by atoms with Gasteiger partial charge in [0, 0.05) is 0 Å². The molecule has 1 aromatic rings. The number of hydrogen-bond donors (Lipinski definition) is 3. The molecular weight excluding hydrogens is 228 g/mol. The predicted octanol–water partition coefficient (Wildman–Crippen LogP) is 3.83. The summed E-state index contributed by atoms with van der Waals surface area (Å²) in [7, 11) is 0. The molecule has 0 amide bonds. The van der Waals surface area contributed by atoms with Gasteiger partial charge in [-0.15, -0.1) is 0 Å². The third-order valence-electron chi connectivity index (χ3n) is 3.21. The van der Waals surface area contributed by atoms with Crippen molar-refractivity contribution in [3.05, 3.63) is 17.2 Å². The molecule has 18 heavy (non-hydrogen) atoms. The molecule has 1 aromatic carbocycles. The molecule has 0 bridgehead atoms. The molecule has 102 valence electrons. The minimum absolute atomic E-state index is 0.138. The van der Waals surface area contributed by atoms with Crippen LogP contribution in [0, 0.1) is 12.3 Å². The van der Waals surface area contributed by atoms with E-state index in [1.54, 1.807) is 13.0 Å². The summed E-state index contributed by atoms with van der Waals surface area (Å²) in [5.74, 6) is -0.940. The number of rotatable bonds is 2. The maximum absolute atomic E-state index is 9.82. The van der Waals surface area contributed by atoms with E-state index in [1.165, 1.54) is 0 Å². The fourth-order valence-electron chi connectivity index (χ4n) is 2.86. The molecule has 3 N–H and O–H groups in total. The molecule has 0 aliphatic carbocycles. The van der Waals surface area contributed by atoms with Crippen LogP contribution in [0.5, 0.6) is 17.2 Å². The van der Waals surface area contributed by atoms with Crippen LogP contribution >= 0.6 is 0 Å². The third-order valence-corrected chi connectivity index (χ3v) is 3.21. The molecule has 0 spiro atoms. The molecule has 0 heterocycles. The Morgan fingerprint density at radius 2 is 1.44 bits per heavy atom. The van der Waals surface area contributed by atoms with Crippen LogP contribution < -0.4 is 0 Å². The molecule has 0 unspecified atom stereocenters. The Balaban J connectivity index is 3.33. The normalized spacial score (nSPS) is 12.8. The summed E-state index contributed by atoms with van der Waals surface area (Å²) in [5.41, 5.74) is 1.44. The molecule has 3 nitrogen and oxygen atoms in total. The maximum Gasteiger partial charge on any atom is 0.200 e. The minimum Gasteiger partial charge on any atom is -0.504 e. The standard InChI is InChI=1S/C15H24O3/c1-9-10(7-11(16)13(18)12(9)17)15(5,6)8-14(2,3)4/h7,16-18H,8H2,1-6H3. The molecule has 0 saturated heterocycles. The van der Waals surface area contributed by atoms with E-state index in [4.69, 9.17) is 0 Å². The van der Waals surface area contributed by atoms with E-state index in [9.17, 15) is 15.3 Å². The molecule has 0 aliphatic rings. The van der Waals surface area contributed by atoms with E-state index < -0.39 is 5.75 Å². The second-order valence-electron chi connectivity index (χ2n) is 6.89. The summed E-state index contributed by atoms with van der Waals surface area (Å²) < 4.78 is 0. The molecule has 0 aliphatic heterocycles. The van der Waals surface area contributed by atoms with Crippen molar-refractivity contribution in [3.8, 4) is 17.2 Å². The van der Waals surface area contributed by atoms with Crippen LogP contribution in [-0.4, -0.2) is 15.3 Å². The van der Waals surface area contributed by atoms with Crippen molar-refractivity contribution in [1.82, 2.24) is 0 Å². The minimum atomic E-state index is -0.442. The van der Waals surface area contributed by atoms with E-state index in [0.29, 0.717) is 5.56 Å². The zero-order chi connectivity index (χ0) is 14.3. The summed E-state index contributed by atoms with van der Waals surface area (Å²) in [4.78, 5) is 0. The lowest BCUT2D eigenvalue weighted by Gasteiger charge is -2.34. The SMILES string of the molecule is Cc1c(C(C)(C)CC(C)(C)C)cc(O)c(O)c1O. The maximum atomic E-state index is 9.82. The predicted molar refractivity (Wildman–Crippen MR) is 73.3 cm³/mol. The quantitative estimate of drug-likeness (QED) is 0.701. The van der Waals surface area contributed by atoms with Crippen LogP contribution in [0.15, 0.2) is 6.07 Å². The van der Waals surface area contributed by atoms with E-state index in [-0.39, 0.29) is 22.3 Å². The molecule has 1 rings (SSSR count). The van der Waals surface area contributed by atoms with Crippen molar-refractivity contribution in [2.24, 2.45) is 5.41 Å². The Hall–Kier alpha value is -1.38. The first-order chi connectivity index (χ1) is 7.96. The van der Waals surface area contributed by atoms with Crippen LogP contribution in [-0.2, 0) is 5.41 Å². The van der Waals surface area contributed by atoms with Crippen molar-refractivity contribution in [3.63, 3.8) is 0 Å². The molecule has 0 saturated carbocycles. The Labute approximate surface area is 109 Å². The fourth-order valence-corrected chi connectivity index (χ4v) is 2.86. The summed E-state index contributed by atoms with van der Waals surface area (Å²) in [6.45, 7) is 12.4. The van der Waals surface area contributed by atoms with Crippen LogP contribution in [0.2, 0.25) is 0 Å². The highest BCUT2D eigenvalue weighted by molar-refractivity contribution is 5.57. The van der Waals surface area contributed by atoms with E-state index in [1.807, 2.05) is 0 Å². The molecule has 0 fully saturated rings. The lowest BCUT2D eigenvalue weighted by molar-refractivity contribution is 0.280. The zero-order valence-electron chi connectivity index (χ0n) is 12.1. The highest BCUT2D eigenvalue weighted by Gasteiger charge is 2.30. The average Bonchev–Trinajstić information content (AvgIpc) is 2.16. The van der Waals surface area contributed by atoms with Crippen LogP contribution in [0.25, 0.3) is 0 Å². The number of phenols is 3. The smallest absolute Gasteiger partial charge is 0.200 e. The van der Waals surface area contributed by atoms with Crippen molar-refractivity contribution in [1.29, 1.82) is 0 Å². The molecule has 3 heteroatoms. The summed E-state index contributed by atoms with van der Waals surface area (Å²) in [5, 5.41) is 29.0. The van der Waals surface area contributed by atoms with Crippen molar-refractivity contribution in [2.75, 3.05) is 0 Å². The van der Waals surface area contributed by atoms with Crippen molar-refractivity contribution < 1.29 is 15.3 Å². The summed E-state index contributed by atoms with van der Waals surface area (Å²) >= 11 is 0. The second-order valence-corrected chi connectivity index (χ2v) is 6.89. The van der Waals surface area contributed by atoms with Crippen LogP contribution in [0.4, 0.5) is 0 Å². The van der Waals surface area contributed by atoms with Gasteiger partial charge in [-0.3, -0.25) is 0 Å². The Kier molecular flexibility index (Phi) is 3.57. The van der Waals surface area contributed by atoms with E-state index in [0.717, 1.165) is 12.0 Å². The Morgan fingerprint density at radius 3 is 1.89 bits per heavy atom. The summed E-state index contributed by atoms with van der Waals surface area (Å²) in [6.07, 6.45) is 0.907. The van der Waals surface area contributed by atoms with Gasteiger partial charge in [0.2, 0.25) is 5.75 Å². The van der Waals surface area contributed by atoms with Gasteiger partial charge in [-0.25, -0.2) is 0 Å². The highest BCUT2D eigenvalue weighted by atomic mass is 16.3. The van der Waals surface area contributed by atoms with Gasteiger partial charge >= 0.3 is 0 Å². The number of phenolic OH excluding ortho intramolecular Hbond substituents is 3. The van der Waals surface area contributed by atoms with Crippen LogP contribution in [0.1, 0.15) is 52.2 Å². The molecule has 0 radical (unpaired) electrons. The Morgan fingerprint density at radius 1 is 0.944 bits per heavy atom. The third kappa shape index (κ3) is 2.89. The average molecular weight is 252 g/mol. The summed E-state index contributed by atoms with van der Waals surface area (Å²) in [6, 6.07) is 1.55. The number of hydrogen-bond acceptors (Lipinski definition) is 3. The first-order valence-corrected chi connectivity index (χ1v) is 6.21. The van der Waals surface area contributed by atoms with Gasteiger partial charge in [0.25, 0.3) is 0 Å². The van der Waals surface area contributed by atoms with Gasteiger partial charge in [-0.05, 0) is 41.4 Å². The van der Waals surface area contributed by atoms with Gasteiger partial charge in [0.05, 0.1) is 0 Å².